The van der Waals surface area contributed by atoms with E-state index in [4.69, 9.17) is 24.4 Å². The highest BCUT2D eigenvalue weighted by atomic mass is 16.5. The first-order chi connectivity index (χ1) is 14.7. The summed E-state index contributed by atoms with van der Waals surface area (Å²) < 4.78 is 17.4. The van der Waals surface area contributed by atoms with Crippen LogP contribution in [-0.4, -0.2) is 13.2 Å². The number of ether oxygens (including phenoxy) is 2. The van der Waals surface area contributed by atoms with Crippen LogP contribution < -0.4 is 9.47 Å². The van der Waals surface area contributed by atoms with Crippen LogP contribution in [0, 0.1) is 22.7 Å². The monoisotopic (exact) mass is 394 g/mol. The van der Waals surface area contributed by atoms with E-state index in [2.05, 4.69) is 12.1 Å². The predicted octanol–water partition coefficient (Wildman–Crippen LogP) is 5.69. The van der Waals surface area contributed by atoms with E-state index in [0.29, 0.717) is 29.9 Å². The van der Waals surface area contributed by atoms with Gasteiger partial charge in [0.1, 0.15) is 22.8 Å². The number of hydrogen-bond acceptors (Lipinski definition) is 5. The lowest BCUT2D eigenvalue weighted by Gasteiger charge is -2.09. The van der Waals surface area contributed by atoms with Crippen molar-refractivity contribution in [2.45, 2.75) is 6.42 Å². The Balaban J connectivity index is 1.33. The Morgan fingerprint density at radius 1 is 0.733 bits per heavy atom. The second kappa shape index (κ2) is 8.86. The highest BCUT2D eigenvalue weighted by Crippen LogP contribution is 2.30. The van der Waals surface area contributed by atoms with Crippen molar-refractivity contribution in [3.8, 4) is 35.0 Å². The van der Waals surface area contributed by atoms with Crippen molar-refractivity contribution in [3.05, 3.63) is 83.9 Å². The molecule has 5 heteroatoms. The molecule has 146 valence electrons. The Bertz CT molecular complexity index is 1240. The van der Waals surface area contributed by atoms with E-state index in [0.717, 1.165) is 34.6 Å². The van der Waals surface area contributed by atoms with Gasteiger partial charge < -0.3 is 13.9 Å². The SMILES string of the molecule is N#Cc1ccc(OCCCOc2cccc(-c3cc4ccc(C#N)cc4o3)c2)cc1. The molecule has 0 fully saturated rings. The Morgan fingerprint density at radius 2 is 1.47 bits per heavy atom. The van der Waals surface area contributed by atoms with Crippen molar-refractivity contribution in [2.75, 3.05) is 13.2 Å². The van der Waals surface area contributed by atoms with Crippen LogP contribution in [0.15, 0.2) is 77.2 Å². The number of hydrogen-bond donors (Lipinski definition) is 0. The number of nitrogens with zero attached hydrogens (tertiary/aromatic N) is 2. The molecule has 0 aliphatic rings. The van der Waals surface area contributed by atoms with Crippen molar-refractivity contribution >= 4 is 11.0 Å². The molecule has 3 aromatic carbocycles. The lowest BCUT2D eigenvalue weighted by Crippen LogP contribution is -2.05. The maximum absolute atomic E-state index is 9.04. The lowest BCUT2D eigenvalue weighted by molar-refractivity contribution is 0.247. The number of rotatable bonds is 7. The molecule has 5 nitrogen and oxygen atoms in total. The molecule has 0 saturated heterocycles. The molecule has 0 atom stereocenters. The third-order valence-electron chi connectivity index (χ3n) is 4.58. The minimum atomic E-state index is 0.519. The van der Waals surface area contributed by atoms with E-state index in [1.807, 2.05) is 36.4 Å². The summed E-state index contributed by atoms with van der Waals surface area (Å²) in [6.07, 6.45) is 0.728. The van der Waals surface area contributed by atoms with Gasteiger partial charge in [-0.2, -0.15) is 10.5 Å². The molecule has 0 amide bonds. The Hall–Kier alpha value is -4.22. The molecule has 0 radical (unpaired) electrons. The Morgan fingerprint density at radius 3 is 2.23 bits per heavy atom. The number of benzene rings is 3. The van der Waals surface area contributed by atoms with E-state index in [1.54, 1.807) is 36.4 Å². The van der Waals surface area contributed by atoms with Gasteiger partial charge in [-0.1, -0.05) is 12.1 Å². The summed E-state index contributed by atoms with van der Waals surface area (Å²) in [6.45, 7) is 1.04. The summed E-state index contributed by atoms with van der Waals surface area (Å²) in [6, 6.07) is 26.3. The molecule has 0 unspecified atom stereocenters. The third kappa shape index (κ3) is 4.43. The van der Waals surface area contributed by atoms with Crippen molar-refractivity contribution in [1.29, 1.82) is 10.5 Å². The van der Waals surface area contributed by atoms with Gasteiger partial charge in [-0.15, -0.1) is 0 Å². The van der Waals surface area contributed by atoms with Crippen LogP contribution in [0.25, 0.3) is 22.3 Å². The fourth-order valence-corrected chi connectivity index (χ4v) is 3.05. The van der Waals surface area contributed by atoms with Gasteiger partial charge in [0, 0.05) is 17.4 Å². The zero-order valence-corrected chi connectivity index (χ0v) is 16.2. The Kier molecular flexibility index (Phi) is 5.64. The number of nitriles is 2. The van der Waals surface area contributed by atoms with Gasteiger partial charge in [-0.05, 0) is 60.7 Å². The molecule has 0 saturated carbocycles. The van der Waals surface area contributed by atoms with Gasteiger partial charge in [0.15, 0.2) is 0 Å². The maximum atomic E-state index is 9.04. The van der Waals surface area contributed by atoms with Crippen molar-refractivity contribution < 1.29 is 13.9 Å². The highest BCUT2D eigenvalue weighted by Gasteiger charge is 2.08. The van der Waals surface area contributed by atoms with E-state index >= 15 is 0 Å². The second-order valence-electron chi connectivity index (χ2n) is 6.69. The van der Waals surface area contributed by atoms with Gasteiger partial charge >= 0.3 is 0 Å². The summed E-state index contributed by atoms with van der Waals surface area (Å²) in [5.74, 6) is 2.22. The Labute approximate surface area is 174 Å². The number of furan rings is 1. The zero-order chi connectivity index (χ0) is 20.8. The zero-order valence-electron chi connectivity index (χ0n) is 16.2. The highest BCUT2D eigenvalue weighted by molar-refractivity contribution is 5.84. The summed E-state index contributed by atoms with van der Waals surface area (Å²) >= 11 is 0. The first-order valence-corrected chi connectivity index (χ1v) is 9.55. The van der Waals surface area contributed by atoms with Gasteiger partial charge in [0.05, 0.1) is 36.5 Å². The minimum absolute atomic E-state index is 0.519. The van der Waals surface area contributed by atoms with Gasteiger partial charge in [0.25, 0.3) is 0 Å². The predicted molar refractivity (Wildman–Crippen MR) is 113 cm³/mol. The summed E-state index contributed by atoms with van der Waals surface area (Å²) in [7, 11) is 0. The van der Waals surface area contributed by atoms with Crippen molar-refractivity contribution in [2.24, 2.45) is 0 Å². The van der Waals surface area contributed by atoms with Crippen LogP contribution in [-0.2, 0) is 0 Å². The van der Waals surface area contributed by atoms with Gasteiger partial charge in [0.2, 0.25) is 0 Å². The molecule has 0 N–H and O–H groups in total. The minimum Gasteiger partial charge on any atom is -0.493 e. The molecule has 1 aromatic heterocycles. The second-order valence-corrected chi connectivity index (χ2v) is 6.69. The first-order valence-electron chi connectivity index (χ1n) is 9.55. The molecular formula is C25H18N2O3. The molecule has 0 aliphatic heterocycles. The van der Waals surface area contributed by atoms with Crippen molar-refractivity contribution in [3.63, 3.8) is 0 Å². The third-order valence-corrected chi connectivity index (χ3v) is 4.58. The molecule has 0 aliphatic carbocycles. The van der Waals surface area contributed by atoms with E-state index < -0.39 is 0 Å². The fraction of sp³-hybridized carbons (Fsp3) is 0.120. The normalized spacial score (nSPS) is 10.3. The number of fused-ring (bicyclic) bond motifs is 1. The van der Waals surface area contributed by atoms with E-state index in [1.165, 1.54) is 0 Å². The largest absolute Gasteiger partial charge is 0.493 e. The topological polar surface area (TPSA) is 79.2 Å². The molecule has 1 heterocycles. The molecule has 4 rings (SSSR count). The molecule has 30 heavy (non-hydrogen) atoms. The lowest BCUT2D eigenvalue weighted by atomic mass is 10.1. The van der Waals surface area contributed by atoms with Crippen LogP contribution >= 0.6 is 0 Å². The molecular weight excluding hydrogens is 376 g/mol. The molecule has 0 bridgehead atoms. The van der Waals surface area contributed by atoms with Crippen LogP contribution in [0.1, 0.15) is 17.5 Å². The summed E-state index contributed by atoms with van der Waals surface area (Å²) in [5, 5.41) is 18.8. The van der Waals surface area contributed by atoms with Crippen molar-refractivity contribution in [1.82, 2.24) is 0 Å². The van der Waals surface area contributed by atoms with Crippen LogP contribution in [0.2, 0.25) is 0 Å². The van der Waals surface area contributed by atoms with Crippen LogP contribution in [0.3, 0.4) is 0 Å². The fourth-order valence-electron chi connectivity index (χ4n) is 3.05. The maximum Gasteiger partial charge on any atom is 0.136 e. The average Bonchev–Trinajstić information content (AvgIpc) is 3.23. The average molecular weight is 394 g/mol. The van der Waals surface area contributed by atoms with E-state index in [-0.39, 0.29) is 0 Å². The summed E-state index contributed by atoms with van der Waals surface area (Å²) in [5.41, 5.74) is 2.79. The molecule has 4 aromatic rings. The summed E-state index contributed by atoms with van der Waals surface area (Å²) in [4.78, 5) is 0. The molecule has 0 spiro atoms. The van der Waals surface area contributed by atoms with Crippen LogP contribution in [0.5, 0.6) is 11.5 Å². The first kappa shape index (κ1) is 19.1. The van der Waals surface area contributed by atoms with Crippen LogP contribution in [0.4, 0.5) is 0 Å². The van der Waals surface area contributed by atoms with Gasteiger partial charge in [-0.25, -0.2) is 0 Å². The standard InChI is InChI=1S/C25H18N2O3/c26-16-18-6-9-22(10-7-18)28-11-2-12-29-23-4-1-3-20(14-23)25-15-21-8-5-19(17-27)13-24(21)30-25/h1,3-10,13-15H,2,11-12H2. The van der Waals surface area contributed by atoms with Gasteiger partial charge in [-0.3, -0.25) is 0 Å². The smallest absolute Gasteiger partial charge is 0.136 e. The van der Waals surface area contributed by atoms with E-state index in [9.17, 15) is 0 Å². The quantitative estimate of drug-likeness (QED) is 0.376.